The van der Waals surface area contributed by atoms with Gasteiger partial charge in [0, 0.05) is 33.1 Å². The number of urea groups is 1. The molecule has 22 heavy (non-hydrogen) atoms. The van der Waals surface area contributed by atoms with Gasteiger partial charge in [0.2, 0.25) is 0 Å². The Morgan fingerprint density at radius 2 is 2.14 bits per heavy atom. The van der Waals surface area contributed by atoms with Gasteiger partial charge in [-0.1, -0.05) is 12.1 Å². The van der Waals surface area contributed by atoms with E-state index < -0.39 is 0 Å². The number of carbonyl (C=O) groups is 1. The summed E-state index contributed by atoms with van der Waals surface area (Å²) < 4.78 is 10.4. The van der Waals surface area contributed by atoms with Gasteiger partial charge in [0.05, 0.1) is 6.10 Å². The number of ether oxygens (including phenoxy) is 2. The third-order valence-corrected chi connectivity index (χ3v) is 4.39. The van der Waals surface area contributed by atoms with Gasteiger partial charge in [0.15, 0.2) is 0 Å². The largest absolute Gasteiger partial charge is 0.385 e. The Morgan fingerprint density at radius 1 is 1.36 bits per heavy atom. The Labute approximate surface area is 132 Å². The highest BCUT2D eigenvalue weighted by molar-refractivity contribution is 5.89. The van der Waals surface area contributed by atoms with Crippen molar-refractivity contribution in [3.05, 3.63) is 29.8 Å². The Kier molecular flexibility index (Phi) is 5.80. The van der Waals surface area contributed by atoms with Crippen LogP contribution in [0.15, 0.2) is 24.3 Å². The van der Waals surface area contributed by atoms with Crippen molar-refractivity contribution in [2.24, 2.45) is 5.41 Å². The molecule has 2 amide bonds. The van der Waals surface area contributed by atoms with Crippen molar-refractivity contribution in [1.82, 2.24) is 5.32 Å². The second kappa shape index (κ2) is 7.61. The van der Waals surface area contributed by atoms with Crippen LogP contribution in [0.1, 0.15) is 37.9 Å². The van der Waals surface area contributed by atoms with Crippen molar-refractivity contribution >= 4 is 11.7 Å². The Morgan fingerprint density at radius 3 is 2.77 bits per heavy atom. The van der Waals surface area contributed by atoms with E-state index in [1.807, 2.05) is 31.2 Å². The topological polar surface area (TPSA) is 59.6 Å². The number of methoxy groups -OCH3 is 2. The van der Waals surface area contributed by atoms with Crippen LogP contribution in [0.3, 0.4) is 0 Å². The number of carbonyl (C=O) groups excluding carboxylic acids is 1. The number of rotatable bonds is 8. The first-order chi connectivity index (χ1) is 10.6. The van der Waals surface area contributed by atoms with Crippen LogP contribution in [0.25, 0.3) is 0 Å². The Bertz CT molecular complexity index is 500. The lowest BCUT2D eigenvalue weighted by molar-refractivity contribution is 0.119. The molecular weight excluding hydrogens is 280 g/mol. The number of anilines is 1. The number of hydrogen-bond donors (Lipinski definition) is 2. The zero-order valence-electron chi connectivity index (χ0n) is 13.6. The molecule has 0 bridgehead atoms. The standard InChI is InChI=1S/C17H26N2O3/c1-13(22-3)14-5-4-6-15(11-14)19-16(20)18-12-17(7-8-17)9-10-21-2/h4-6,11,13H,7-10,12H2,1-3H3,(H2,18,19,20). The first-order valence-corrected chi connectivity index (χ1v) is 7.75. The van der Waals surface area contributed by atoms with Gasteiger partial charge in [-0.15, -0.1) is 0 Å². The maximum absolute atomic E-state index is 12.0. The summed E-state index contributed by atoms with van der Waals surface area (Å²) in [4.78, 5) is 12.0. The fourth-order valence-electron chi connectivity index (χ4n) is 2.46. The van der Waals surface area contributed by atoms with E-state index >= 15 is 0 Å². The number of amides is 2. The van der Waals surface area contributed by atoms with Crippen molar-refractivity contribution < 1.29 is 14.3 Å². The fourth-order valence-corrected chi connectivity index (χ4v) is 2.46. The van der Waals surface area contributed by atoms with Gasteiger partial charge in [0.25, 0.3) is 0 Å². The maximum Gasteiger partial charge on any atom is 0.319 e. The maximum atomic E-state index is 12.0. The van der Waals surface area contributed by atoms with Gasteiger partial charge in [-0.2, -0.15) is 0 Å². The molecule has 1 saturated carbocycles. The van der Waals surface area contributed by atoms with Crippen molar-refractivity contribution in [3.8, 4) is 0 Å². The summed E-state index contributed by atoms with van der Waals surface area (Å²) in [5.74, 6) is 0. The highest BCUT2D eigenvalue weighted by Crippen LogP contribution is 2.48. The van der Waals surface area contributed by atoms with E-state index in [1.54, 1.807) is 14.2 Å². The minimum absolute atomic E-state index is 0.00795. The Hall–Kier alpha value is -1.59. The Balaban J connectivity index is 1.82. The van der Waals surface area contributed by atoms with Crippen molar-refractivity contribution in [2.45, 2.75) is 32.3 Å². The quantitative estimate of drug-likeness (QED) is 0.774. The average molecular weight is 306 g/mol. The molecule has 0 radical (unpaired) electrons. The molecule has 5 heteroatoms. The molecule has 0 spiro atoms. The van der Waals surface area contributed by atoms with Crippen molar-refractivity contribution in [3.63, 3.8) is 0 Å². The van der Waals surface area contributed by atoms with Crippen LogP contribution in [0.4, 0.5) is 10.5 Å². The smallest absolute Gasteiger partial charge is 0.319 e. The van der Waals surface area contributed by atoms with Gasteiger partial charge in [0.1, 0.15) is 0 Å². The molecule has 0 saturated heterocycles. The molecular formula is C17H26N2O3. The highest BCUT2D eigenvalue weighted by Gasteiger charge is 2.42. The molecule has 2 rings (SSSR count). The first-order valence-electron chi connectivity index (χ1n) is 7.75. The molecule has 122 valence electrons. The molecule has 5 nitrogen and oxygen atoms in total. The van der Waals surface area contributed by atoms with Gasteiger partial charge in [-0.25, -0.2) is 4.79 Å². The van der Waals surface area contributed by atoms with Crippen molar-refractivity contribution in [1.29, 1.82) is 0 Å². The number of hydrogen-bond acceptors (Lipinski definition) is 3. The highest BCUT2D eigenvalue weighted by atomic mass is 16.5. The van der Waals surface area contributed by atoms with Crippen molar-refractivity contribution in [2.75, 3.05) is 32.7 Å². The molecule has 1 unspecified atom stereocenters. The predicted molar refractivity (Wildman–Crippen MR) is 87.0 cm³/mol. The third-order valence-electron chi connectivity index (χ3n) is 4.39. The second-order valence-electron chi connectivity index (χ2n) is 6.05. The van der Waals surface area contributed by atoms with Crippen LogP contribution in [0.5, 0.6) is 0 Å². The van der Waals surface area contributed by atoms with Gasteiger partial charge >= 0.3 is 6.03 Å². The molecule has 1 fully saturated rings. The minimum atomic E-state index is -0.161. The molecule has 1 aromatic rings. The summed E-state index contributed by atoms with van der Waals surface area (Å²) in [5.41, 5.74) is 2.07. The normalized spacial score (nSPS) is 16.9. The summed E-state index contributed by atoms with van der Waals surface area (Å²) in [6, 6.07) is 7.56. The van der Waals surface area contributed by atoms with E-state index in [1.165, 1.54) is 0 Å². The summed E-state index contributed by atoms with van der Waals surface area (Å²) in [6.07, 6.45) is 3.34. The average Bonchev–Trinajstić information content (AvgIpc) is 3.31. The van der Waals surface area contributed by atoms with E-state index in [4.69, 9.17) is 9.47 Å². The molecule has 1 aliphatic carbocycles. The minimum Gasteiger partial charge on any atom is -0.385 e. The van der Waals surface area contributed by atoms with E-state index in [-0.39, 0.29) is 17.6 Å². The van der Waals surface area contributed by atoms with E-state index in [0.717, 1.165) is 37.1 Å². The summed E-state index contributed by atoms with van der Waals surface area (Å²) in [6.45, 7) is 3.43. The van der Waals surface area contributed by atoms with Gasteiger partial charge < -0.3 is 20.1 Å². The van der Waals surface area contributed by atoms with Crippen LogP contribution in [0, 0.1) is 5.41 Å². The van der Waals surface area contributed by atoms with Gasteiger partial charge in [-0.05, 0) is 49.3 Å². The fraction of sp³-hybridized carbons (Fsp3) is 0.588. The van der Waals surface area contributed by atoms with Gasteiger partial charge in [-0.3, -0.25) is 0 Å². The molecule has 1 aliphatic rings. The van der Waals surface area contributed by atoms with Crippen LogP contribution in [0.2, 0.25) is 0 Å². The summed E-state index contributed by atoms with van der Waals surface area (Å²) >= 11 is 0. The number of benzene rings is 1. The van der Waals surface area contributed by atoms with Crippen LogP contribution in [-0.2, 0) is 9.47 Å². The molecule has 0 heterocycles. The molecule has 0 aliphatic heterocycles. The lowest BCUT2D eigenvalue weighted by atomic mass is 10.0. The SMILES string of the molecule is COCCC1(CNC(=O)Nc2cccc(C(C)OC)c2)CC1. The zero-order chi connectivity index (χ0) is 16.0. The third kappa shape index (κ3) is 4.71. The monoisotopic (exact) mass is 306 g/mol. The predicted octanol–water partition coefficient (Wildman–Crippen LogP) is 3.33. The molecule has 0 aromatic heterocycles. The lowest BCUT2D eigenvalue weighted by Gasteiger charge is -2.16. The lowest BCUT2D eigenvalue weighted by Crippen LogP contribution is -2.34. The van der Waals surface area contributed by atoms with E-state index in [0.29, 0.717) is 6.54 Å². The van der Waals surface area contributed by atoms with Crippen LogP contribution in [-0.4, -0.2) is 33.4 Å². The second-order valence-corrected chi connectivity index (χ2v) is 6.05. The van der Waals surface area contributed by atoms with Crippen LogP contribution >= 0.6 is 0 Å². The molecule has 2 N–H and O–H groups in total. The van der Waals surface area contributed by atoms with E-state index in [2.05, 4.69) is 10.6 Å². The summed E-state index contributed by atoms with van der Waals surface area (Å²) in [5, 5.41) is 5.85. The first kappa shape index (κ1) is 16.8. The van der Waals surface area contributed by atoms with Crippen LogP contribution < -0.4 is 10.6 Å². The summed E-state index contributed by atoms with van der Waals surface area (Å²) in [7, 11) is 3.39. The molecule has 1 atom stereocenters. The zero-order valence-corrected chi connectivity index (χ0v) is 13.6. The number of nitrogens with one attached hydrogen (secondary N) is 2. The molecule has 1 aromatic carbocycles. The van der Waals surface area contributed by atoms with E-state index in [9.17, 15) is 4.79 Å².